The SMILES string of the molecule is CCOCC(Nc1cccc(F)c1C(=O)O)C(C)C. The van der Waals surface area contributed by atoms with Gasteiger partial charge in [-0.1, -0.05) is 19.9 Å². The minimum Gasteiger partial charge on any atom is -0.478 e. The Morgan fingerprint density at radius 2 is 2.16 bits per heavy atom. The van der Waals surface area contributed by atoms with Crippen molar-refractivity contribution in [1.29, 1.82) is 0 Å². The van der Waals surface area contributed by atoms with Crippen molar-refractivity contribution >= 4 is 11.7 Å². The van der Waals surface area contributed by atoms with Crippen LogP contribution in [0.25, 0.3) is 0 Å². The number of hydrogen-bond acceptors (Lipinski definition) is 3. The van der Waals surface area contributed by atoms with E-state index in [2.05, 4.69) is 5.32 Å². The maximum absolute atomic E-state index is 13.6. The van der Waals surface area contributed by atoms with Gasteiger partial charge in [0.2, 0.25) is 0 Å². The van der Waals surface area contributed by atoms with Gasteiger partial charge in [-0.2, -0.15) is 0 Å². The molecule has 2 N–H and O–H groups in total. The highest BCUT2D eigenvalue weighted by molar-refractivity contribution is 5.94. The molecule has 5 heteroatoms. The lowest BCUT2D eigenvalue weighted by atomic mass is 10.0. The first-order valence-electron chi connectivity index (χ1n) is 6.33. The highest BCUT2D eigenvalue weighted by atomic mass is 19.1. The summed E-state index contributed by atoms with van der Waals surface area (Å²) in [6.07, 6.45) is 0. The minimum atomic E-state index is -1.28. The van der Waals surface area contributed by atoms with Crippen LogP contribution in [0, 0.1) is 11.7 Å². The number of nitrogens with one attached hydrogen (secondary N) is 1. The third kappa shape index (κ3) is 4.21. The van der Waals surface area contributed by atoms with Crippen LogP contribution in [0.2, 0.25) is 0 Å². The van der Waals surface area contributed by atoms with Crippen molar-refractivity contribution in [2.75, 3.05) is 18.5 Å². The molecule has 0 radical (unpaired) electrons. The maximum atomic E-state index is 13.6. The molecule has 0 heterocycles. The van der Waals surface area contributed by atoms with Gasteiger partial charge in [0.05, 0.1) is 18.3 Å². The first kappa shape index (κ1) is 15.4. The molecule has 1 rings (SSSR count). The average molecular weight is 269 g/mol. The van der Waals surface area contributed by atoms with Crippen molar-refractivity contribution in [2.24, 2.45) is 5.92 Å². The fourth-order valence-electron chi connectivity index (χ4n) is 1.71. The number of halogens is 1. The lowest BCUT2D eigenvalue weighted by Gasteiger charge is -2.24. The molecule has 0 saturated carbocycles. The summed E-state index contributed by atoms with van der Waals surface area (Å²) in [5.74, 6) is -1.78. The van der Waals surface area contributed by atoms with Gasteiger partial charge in [0, 0.05) is 6.61 Å². The number of aromatic carboxylic acids is 1. The van der Waals surface area contributed by atoms with Crippen molar-refractivity contribution in [2.45, 2.75) is 26.8 Å². The van der Waals surface area contributed by atoms with E-state index in [-0.39, 0.29) is 23.2 Å². The maximum Gasteiger partial charge on any atom is 0.340 e. The monoisotopic (exact) mass is 269 g/mol. The summed E-state index contributed by atoms with van der Waals surface area (Å²) in [7, 11) is 0. The van der Waals surface area contributed by atoms with E-state index in [1.54, 1.807) is 6.07 Å². The predicted molar refractivity (Wildman–Crippen MR) is 72.1 cm³/mol. The molecule has 1 aromatic carbocycles. The van der Waals surface area contributed by atoms with Gasteiger partial charge in [0.1, 0.15) is 11.4 Å². The molecule has 106 valence electrons. The van der Waals surface area contributed by atoms with Crippen LogP contribution in [-0.4, -0.2) is 30.3 Å². The first-order valence-corrected chi connectivity index (χ1v) is 6.33. The van der Waals surface area contributed by atoms with Crippen LogP contribution in [0.4, 0.5) is 10.1 Å². The molecule has 0 aliphatic rings. The van der Waals surface area contributed by atoms with Gasteiger partial charge in [0.25, 0.3) is 0 Å². The molecular formula is C14H20FNO3. The molecule has 0 saturated heterocycles. The second kappa shape index (κ2) is 7.09. The van der Waals surface area contributed by atoms with E-state index in [9.17, 15) is 9.18 Å². The summed E-state index contributed by atoms with van der Waals surface area (Å²) in [6.45, 7) is 6.92. The number of hydrogen-bond donors (Lipinski definition) is 2. The number of benzene rings is 1. The molecule has 1 unspecified atom stereocenters. The van der Waals surface area contributed by atoms with E-state index in [1.165, 1.54) is 6.07 Å². The topological polar surface area (TPSA) is 58.6 Å². The number of carboxylic acid groups (broad SMARTS) is 1. The molecule has 0 aliphatic carbocycles. The van der Waals surface area contributed by atoms with Crippen molar-refractivity contribution in [1.82, 2.24) is 0 Å². The Bertz CT molecular complexity index is 435. The Labute approximate surface area is 112 Å². The van der Waals surface area contributed by atoms with Gasteiger partial charge < -0.3 is 15.2 Å². The zero-order chi connectivity index (χ0) is 14.4. The second-order valence-corrected chi connectivity index (χ2v) is 4.62. The average Bonchev–Trinajstić information content (AvgIpc) is 2.33. The molecule has 1 atom stereocenters. The summed E-state index contributed by atoms with van der Waals surface area (Å²) in [5.41, 5.74) is -0.0458. The summed E-state index contributed by atoms with van der Waals surface area (Å²) in [4.78, 5) is 11.1. The predicted octanol–water partition coefficient (Wildman–Crippen LogP) is 3.00. The van der Waals surface area contributed by atoms with Gasteiger partial charge >= 0.3 is 5.97 Å². The van der Waals surface area contributed by atoms with Gasteiger partial charge in [0.15, 0.2) is 0 Å². The molecule has 0 amide bonds. The molecular weight excluding hydrogens is 249 g/mol. The number of anilines is 1. The number of carbonyl (C=O) groups is 1. The van der Waals surface area contributed by atoms with Gasteiger partial charge in [-0.3, -0.25) is 0 Å². The van der Waals surface area contributed by atoms with Crippen LogP contribution in [0.3, 0.4) is 0 Å². The normalized spacial score (nSPS) is 12.5. The summed E-state index contributed by atoms with van der Waals surface area (Å²) < 4.78 is 18.9. The minimum absolute atomic E-state index is 0.0696. The lowest BCUT2D eigenvalue weighted by molar-refractivity contribution is 0.0692. The van der Waals surface area contributed by atoms with E-state index in [1.807, 2.05) is 20.8 Å². The van der Waals surface area contributed by atoms with Crippen molar-refractivity contribution in [3.05, 3.63) is 29.6 Å². The molecule has 1 aromatic rings. The van der Waals surface area contributed by atoms with Crippen molar-refractivity contribution in [3.8, 4) is 0 Å². The number of carboxylic acids is 1. The number of rotatable bonds is 7. The molecule has 19 heavy (non-hydrogen) atoms. The zero-order valence-corrected chi connectivity index (χ0v) is 11.4. The first-order chi connectivity index (χ1) is 8.97. The molecule has 0 fully saturated rings. The van der Waals surface area contributed by atoms with E-state index in [4.69, 9.17) is 9.84 Å². The second-order valence-electron chi connectivity index (χ2n) is 4.62. The zero-order valence-electron chi connectivity index (χ0n) is 11.4. The summed E-state index contributed by atoms with van der Waals surface area (Å²) >= 11 is 0. The summed E-state index contributed by atoms with van der Waals surface area (Å²) in [6, 6.07) is 4.12. The van der Waals surface area contributed by atoms with Crippen LogP contribution in [0.15, 0.2) is 18.2 Å². The third-order valence-electron chi connectivity index (χ3n) is 2.87. The largest absolute Gasteiger partial charge is 0.478 e. The van der Waals surface area contributed by atoms with Crippen LogP contribution < -0.4 is 5.32 Å². The molecule has 0 aliphatic heterocycles. The van der Waals surface area contributed by atoms with Gasteiger partial charge in [-0.15, -0.1) is 0 Å². The lowest BCUT2D eigenvalue weighted by Crippen LogP contribution is -2.31. The van der Waals surface area contributed by atoms with Crippen LogP contribution in [0.5, 0.6) is 0 Å². The van der Waals surface area contributed by atoms with Gasteiger partial charge in [-0.25, -0.2) is 9.18 Å². The molecule has 4 nitrogen and oxygen atoms in total. The summed E-state index contributed by atoms with van der Waals surface area (Å²) in [5, 5.41) is 12.1. The van der Waals surface area contributed by atoms with Crippen LogP contribution in [0.1, 0.15) is 31.1 Å². The Kier molecular flexibility index (Phi) is 5.76. The smallest absolute Gasteiger partial charge is 0.340 e. The Balaban J connectivity index is 2.96. The molecule has 0 bridgehead atoms. The number of ether oxygens (including phenoxy) is 1. The fraction of sp³-hybridized carbons (Fsp3) is 0.500. The third-order valence-corrected chi connectivity index (χ3v) is 2.87. The highest BCUT2D eigenvalue weighted by Crippen LogP contribution is 2.21. The Morgan fingerprint density at radius 1 is 1.47 bits per heavy atom. The molecule has 0 aromatic heterocycles. The fourth-order valence-corrected chi connectivity index (χ4v) is 1.71. The van der Waals surface area contributed by atoms with Crippen molar-refractivity contribution in [3.63, 3.8) is 0 Å². The Morgan fingerprint density at radius 3 is 2.68 bits per heavy atom. The van der Waals surface area contributed by atoms with E-state index < -0.39 is 11.8 Å². The quantitative estimate of drug-likeness (QED) is 0.799. The van der Waals surface area contributed by atoms with Crippen LogP contribution >= 0.6 is 0 Å². The molecule has 0 spiro atoms. The van der Waals surface area contributed by atoms with E-state index in [0.717, 1.165) is 6.07 Å². The van der Waals surface area contributed by atoms with E-state index in [0.29, 0.717) is 13.2 Å². The highest BCUT2D eigenvalue weighted by Gasteiger charge is 2.20. The van der Waals surface area contributed by atoms with Gasteiger partial charge in [-0.05, 0) is 25.0 Å². The Hall–Kier alpha value is -1.62. The van der Waals surface area contributed by atoms with Crippen LogP contribution in [-0.2, 0) is 4.74 Å². The standard InChI is InChI=1S/C14H20FNO3/c1-4-19-8-12(9(2)3)16-11-7-5-6-10(15)13(11)14(17)18/h5-7,9,12,16H,4,8H2,1-3H3,(H,17,18). The van der Waals surface area contributed by atoms with E-state index >= 15 is 0 Å². The van der Waals surface area contributed by atoms with Crippen molar-refractivity contribution < 1.29 is 19.0 Å².